The molecule has 5 nitrogen and oxygen atoms in total. The number of benzene rings is 2. The van der Waals surface area contributed by atoms with Crippen LogP contribution >= 0.6 is 11.6 Å². The second-order valence-electron chi connectivity index (χ2n) is 7.08. The Labute approximate surface area is 168 Å². The van der Waals surface area contributed by atoms with Crippen molar-refractivity contribution in [2.24, 2.45) is 0 Å². The number of aryl methyl sites for hydroxylation is 1. The second-order valence-corrected chi connectivity index (χ2v) is 7.51. The fourth-order valence-corrected chi connectivity index (χ4v) is 3.88. The van der Waals surface area contributed by atoms with Gasteiger partial charge in [-0.3, -0.25) is 4.79 Å². The van der Waals surface area contributed by atoms with E-state index in [4.69, 9.17) is 11.6 Å². The first-order chi connectivity index (χ1) is 13.3. The molecule has 2 aromatic rings. The van der Waals surface area contributed by atoms with Crippen LogP contribution in [0.25, 0.3) is 0 Å². The number of nitrogens with one attached hydrogen (secondary N) is 1. The summed E-state index contributed by atoms with van der Waals surface area (Å²) in [6.45, 7) is 4.59. The standard InChI is InChI=1S/C21H22ClFN2O3/c1-14-2-5-16(22)12-18(14)24-8-10-25(11-9-24)19(13-20(26)27)21(28)15-3-6-17(23)7-4-15/h2-7,12,19H,8-11,13H2,1H3,(H,26,27)/t19-/m1/s1. The molecule has 1 heterocycles. The zero-order chi connectivity index (χ0) is 20.3. The summed E-state index contributed by atoms with van der Waals surface area (Å²) in [6.07, 6.45) is -0.359. The largest absolute Gasteiger partial charge is 0.550 e. The van der Waals surface area contributed by atoms with Crippen LogP contribution in [0, 0.1) is 12.7 Å². The van der Waals surface area contributed by atoms with Crippen molar-refractivity contribution in [3.05, 3.63) is 64.4 Å². The van der Waals surface area contributed by atoms with E-state index in [-0.39, 0.29) is 12.2 Å². The highest BCUT2D eigenvalue weighted by Gasteiger charge is 2.33. The Bertz CT molecular complexity index is 864. The quantitative estimate of drug-likeness (QED) is 0.726. The molecule has 1 aliphatic rings. The normalized spacial score (nSPS) is 16.0. The molecule has 0 spiro atoms. The molecule has 1 N–H and O–H groups in total. The lowest BCUT2D eigenvalue weighted by Crippen LogP contribution is -3.19. The average Bonchev–Trinajstić information content (AvgIpc) is 2.68. The van der Waals surface area contributed by atoms with Crippen LogP contribution in [0.1, 0.15) is 22.3 Å². The number of rotatable bonds is 6. The number of halogens is 2. The molecule has 1 aliphatic heterocycles. The molecule has 0 bridgehead atoms. The predicted octanol–water partition coefficient (Wildman–Crippen LogP) is 0.884. The molecule has 2 aromatic carbocycles. The van der Waals surface area contributed by atoms with Gasteiger partial charge in [0.25, 0.3) is 0 Å². The van der Waals surface area contributed by atoms with Gasteiger partial charge in [0.2, 0.25) is 5.78 Å². The van der Waals surface area contributed by atoms with Crippen molar-refractivity contribution in [2.45, 2.75) is 19.4 Å². The number of hydrogen-bond donors (Lipinski definition) is 1. The monoisotopic (exact) mass is 404 g/mol. The van der Waals surface area contributed by atoms with E-state index in [1.54, 1.807) is 0 Å². The van der Waals surface area contributed by atoms with Crippen molar-refractivity contribution < 1.29 is 24.0 Å². The number of nitrogens with zero attached hydrogens (tertiary/aromatic N) is 1. The summed E-state index contributed by atoms with van der Waals surface area (Å²) >= 11 is 6.12. The number of hydrogen-bond acceptors (Lipinski definition) is 4. The van der Waals surface area contributed by atoms with Crippen LogP contribution in [0.5, 0.6) is 0 Å². The molecule has 7 heteroatoms. The summed E-state index contributed by atoms with van der Waals surface area (Å²) in [5.41, 5.74) is 2.47. The van der Waals surface area contributed by atoms with Gasteiger partial charge in [0.1, 0.15) is 5.82 Å². The van der Waals surface area contributed by atoms with Gasteiger partial charge in [-0.25, -0.2) is 4.39 Å². The number of carbonyl (C=O) groups is 2. The summed E-state index contributed by atoms with van der Waals surface area (Å²) in [6, 6.07) is 10.2. The van der Waals surface area contributed by atoms with Crippen LogP contribution in [0.3, 0.4) is 0 Å². The summed E-state index contributed by atoms with van der Waals surface area (Å²) in [5, 5.41) is 11.9. The number of quaternary nitrogens is 1. The van der Waals surface area contributed by atoms with E-state index in [1.807, 2.05) is 25.1 Å². The highest BCUT2D eigenvalue weighted by atomic mass is 35.5. The molecule has 3 rings (SSSR count). The number of aliphatic carboxylic acids is 1. The van der Waals surface area contributed by atoms with Gasteiger partial charge >= 0.3 is 0 Å². The van der Waals surface area contributed by atoms with Gasteiger partial charge < -0.3 is 19.7 Å². The Hall–Kier alpha value is -2.44. The van der Waals surface area contributed by atoms with Crippen molar-refractivity contribution in [3.8, 4) is 0 Å². The van der Waals surface area contributed by atoms with Crippen LogP contribution in [0.4, 0.5) is 10.1 Å². The van der Waals surface area contributed by atoms with Crippen molar-refractivity contribution >= 4 is 29.0 Å². The average molecular weight is 405 g/mol. The number of anilines is 1. The van der Waals surface area contributed by atoms with E-state index < -0.39 is 17.8 Å². The van der Waals surface area contributed by atoms with Gasteiger partial charge in [0.15, 0.2) is 6.04 Å². The van der Waals surface area contributed by atoms with E-state index in [2.05, 4.69) is 4.90 Å². The SMILES string of the molecule is Cc1ccc(Cl)cc1N1CC[NH+]([C@H](CC(=O)[O-])C(=O)c2ccc(F)cc2)CC1. The fraction of sp³-hybridized carbons (Fsp3) is 0.333. The molecule has 0 amide bonds. The number of carbonyl (C=O) groups excluding carboxylic acids is 2. The maximum absolute atomic E-state index is 13.1. The summed E-state index contributed by atoms with van der Waals surface area (Å²) in [7, 11) is 0. The highest BCUT2D eigenvalue weighted by Crippen LogP contribution is 2.24. The lowest BCUT2D eigenvalue weighted by molar-refractivity contribution is -0.915. The molecule has 0 aromatic heterocycles. The molecule has 148 valence electrons. The van der Waals surface area contributed by atoms with E-state index >= 15 is 0 Å². The first-order valence-electron chi connectivity index (χ1n) is 9.20. The van der Waals surface area contributed by atoms with Crippen LogP contribution in [-0.2, 0) is 4.79 Å². The van der Waals surface area contributed by atoms with E-state index in [0.717, 1.165) is 16.2 Å². The second kappa shape index (κ2) is 8.71. The van der Waals surface area contributed by atoms with Crippen molar-refractivity contribution in [3.63, 3.8) is 0 Å². The molecule has 0 unspecified atom stereocenters. The summed E-state index contributed by atoms with van der Waals surface area (Å²) < 4.78 is 13.1. The first kappa shape index (κ1) is 20.3. The minimum Gasteiger partial charge on any atom is -0.550 e. The van der Waals surface area contributed by atoms with Crippen molar-refractivity contribution in [1.82, 2.24) is 0 Å². The predicted molar refractivity (Wildman–Crippen MR) is 103 cm³/mol. The Morgan fingerprint density at radius 3 is 2.43 bits per heavy atom. The molecule has 1 saturated heterocycles. The van der Waals surface area contributed by atoms with E-state index in [0.29, 0.717) is 36.8 Å². The fourth-order valence-electron chi connectivity index (χ4n) is 3.71. The Morgan fingerprint density at radius 1 is 1.18 bits per heavy atom. The van der Waals surface area contributed by atoms with E-state index in [1.165, 1.54) is 24.3 Å². The molecule has 28 heavy (non-hydrogen) atoms. The zero-order valence-electron chi connectivity index (χ0n) is 15.6. The lowest BCUT2D eigenvalue weighted by atomic mass is 9.99. The lowest BCUT2D eigenvalue weighted by Gasteiger charge is -2.37. The minimum atomic E-state index is -1.26. The molecule has 1 fully saturated rings. The smallest absolute Gasteiger partial charge is 0.220 e. The summed E-state index contributed by atoms with van der Waals surface area (Å²) in [4.78, 5) is 27.2. The maximum atomic E-state index is 13.1. The molecule has 0 radical (unpaired) electrons. The molecule has 0 saturated carbocycles. The maximum Gasteiger partial charge on any atom is 0.220 e. The van der Waals surface area contributed by atoms with Gasteiger partial charge in [0.05, 0.1) is 26.2 Å². The molecule has 1 atom stereocenters. The molecule has 0 aliphatic carbocycles. The third-order valence-electron chi connectivity index (χ3n) is 5.23. The third-order valence-corrected chi connectivity index (χ3v) is 5.46. The summed E-state index contributed by atoms with van der Waals surface area (Å²) in [5.74, 6) is -2.00. The zero-order valence-corrected chi connectivity index (χ0v) is 16.3. The van der Waals surface area contributed by atoms with Gasteiger partial charge in [-0.1, -0.05) is 17.7 Å². The number of ketones is 1. The molecular formula is C21H22ClFN2O3. The van der Waals surface area contributed by atoms with Gasteiger partial charge in [-0.2, -0.15) is 0 Å². The molecular weight excluding hydrogens is 383 g/mol. The number of Topliss-reactive ketones (excluding diaryl/α,β-unsaturated/α-hetero) is 1. The number of carboxylic acid groups (broad SMARTS) is 1. The minimum absolute atomic E-state index is 0.299. The first-order valence-corrected chi connectivity index (χ1v) is 9.58. The van der Waals surface area contributed by atoms with Crippen LogP contribution in [-0.4, -0.2) is 44.0 Å². The van der Waals surface area contributed by atoms with Crippen LogP contribution < -0.4 is 14.9 Å². The number of carboxylic acids is 1. The van der Waals surface area contributed by atoms with Crippen molar-refractivity contribution in [1.29, 1.82) is 0 Å². The topological polar surface area (TPSA) is 64.9 Å². The van der Waals surface area contributed by atoms with Crippen molar-refractivity contribution in [2.75, 3.05) is 31.1 Å². The van der Waals surface area contributed by atoms with Gasteiger partial charge in [0, 0.05) is 28.7 Å². The Kier molecular flexibility index (Phi) is 6.31. The number of piperazine rings is 1. The third kappa shape index (κ3) is 4.69. The highest BCUT2D eigenvalue weighted by molar-refractivity contribution is 6.30. The van der Waals surface area contributed by atoms with Gasteiger partial charge in [-0.15, -0.1) is 0 Å². The van der Waals surface area contributed by atoms with Gasteiger partial charge in [-0.05, 0) is 48.9 Å². The Balaban J connectivity index is 1.74. The Morgan fingerprint density at radius 2 is 1.82 bits per heavy atom. The van der Waals surface area contributed by atoms with E-state index in [9.17, 15) is 19.1 Å². The van der Waals surface area contributed by atoms with Crippen LogP contribution in [0.2, 0.25) is 5.02 Å². The van der Waals surface area contributed by atoms with Crippen LogP contribution in [0.15, 0.2) is 42.5 Å².